The van der Waals surface area contributed by atoms with Gasteiger partial charge in [0.1, 0.15) is 5.82 Å². The van der Waals surface area contributed by atoms with Crippen LogP contribution in [-0.2, 0) is 4.79 Å². The number of aryl methyl sites for hydroxylation is 2. The molecule has 26 heavy (non-hydrogen) atoms. The smallest absolute Gasteiger partial charge is 0.225 e. The van der Waals surface area contributed by atoms with Crippen LogP contribution < -0.4 is 4.90 Å². The van der Waals surface area contributed by atoms with Crippen LogP contribution in [-0.4, -0.2) is 47.0 Å². The van der Waals surface area contributed by atoms with Crippen LogP contribution in [0.2, 0.25) is 0 Å². The molecule has 5 heteroatoms. The Morgan fingerprint density at radius 1 is 0.962 bits per heavy atom. The molecule has 1 amide bonds. The zero-order valence-electron chi connectivity index (χ0n) is 16.4. The number of rotatable bonds is 3. The molecule has 138 valence electrons. The van der Waals surface area contributed by atoms with Crippen LogP contribution in [0.5, 0.6) is 0 Å². The average Bonchev–Trinajstić information content (AvgIpc) is 2.64. The molecule has 0 radical (unpaired) electrons. The lowest BCUT2D eigenvalue weighted by Crippen LogP contribution is -2.50. The molecule has 1 aliphatic rings. The number of anilines is 1. The zero-order chi connectivity index (χ0) is 18.8. The molecule has 2 aromatic rings. The summed E-state index contributed by atoms with van der Waals surface area (Å²) in [6, 6.07) is 8.32. The quantitative estimate of drug-likeness (QED) is 0.850. The molecular formula is C21H28N4O. The van der Waals surface area contributed by atoms with Crippen LogP contribution in [0.1, 0.15) is 30.7 Å². The fourth-order valence-corrected chi connectivity index (χ4v) is 3.26. The molecular weight excluding hydrogens is 324 g/mol. The van der Waals surface area contributed by atoms with E-state index in [2.05, 4.69) is 43.0 Å². The van der Waals surface area contributed by atoms with Gasteiger partial charge < -0.3 is 9.80 Å². The van der Waals surface area contributed by atoms with Gasteiger partial charge in [0.25, 0.3) is 0 Å². The largest absolute Gasteiger partial charge is 0.353 e. The molecule has 0 aliphatic carbocycles. The number of hydrogen-bond donors (Lipinski definition) is 0. The highest BCUT2D eigenvalue weighted by Crippen LogP contribution is 2.25. The van der Waals surface area contributed by atoms with Crippen molar-refractivity contribution in [3.63, 3.8) is 0 Å². The molecule has 5 nitrogen and oxygen atoms in total. The second-order valence-electron chi connectivity index (χ2n) is 7.41. The Morgan fingerprint density at radius 2 is 1.58 bits per heavy atom. The summed E-state index contributed by atoms with van der Waals surface area (Å²) in [5.41, 5.74) is 4.38. The summed E-state index contributed by atoms with van der Waals surface area (Å²) in [7, 11) is 0. The lowest BCUT2D eigenvalue weighted by atomic mass is 10.1. The monoisotopic (exact) mass is 352 g/mol. The number of hydrogen-bond acceptors (Lipinski definition) is 4. The third kappa shape index (κ3) is 3.71. The molecule has 0 atom stereocenters. The third-order valence-electron chi connectivity index (χ3n) is 5.06. The molecule has 1 saturated heterocycles. The van der Waals surface area contributed by atoms with Crippen molar-refractivity contribution in [3.05, 3.63) is 41.1 Å². The molecule has 1 fully saturated rings. The van der Waals surface area contributed by atoms with Crippen LogP contribution in [0.3, 0.4) is 0 Å². The van der Waals surface area contributed by atoms with Crippen molar-refractivity contribution in [1.82, 2.24) is 14.9 Å². The molecule has 2 heterocycles. The van der Waals surface area contributed by atoms with Gasteiger partial charge in [0.15, 0.2) is 5.82 Å². The van der Waals surface area contributed by atoms with E-state index in [1.165, 1.54) is 5.56 Å². The minimum absolute atomic E-state index is 0.0534. The standard InChI is InChI=1S/C21H28N4O/c1-14(2)21(26)25-12-10-24(11-13-25)20-16(4)17(5)22-19(23-20)18-8-6-15(3)7-9-18/h6-9,14H,10-13H2,1-5H3. The number of nitrogens with zero attached hydrogens (tertiary/aromatic N) is 4. The van der Waals surface area contributed by atoms with E-state index in [0.717, 1.165) is 54.6 Å². The molecule has 0 saturated carbocycles. The van der Waals surface area contributed by atoms with Crippen molar-refractivity contribution in [2.24, 2.45) is 5.92 Å². The molecule has 0 spiro atoms. The first kappa shape index (κ1) is 18.4. The third-order valence-corrected chi connectivity index (χ3v) is 5.06. The fourth-order valence-electron chi connectivity index (χ4n) is 3.26. The minimum Gasteiger partial charge on any atom is -0.353 e. The molecule has 1 aromatic heterocycles. The summed E-state index contributed by atoms with van der Waals surface area (Å²) < 4.78 is 0. The van der Waals surface area contributed by atoms with Gasteiger partial charge in [-0.3, -0.25) is 4.79 Å². The number of amides is 1. The van der Waals surface area contributed by atoms with Crippen LogP contribution in [0.4, 0.5) is 5.82 Å². The van der Waals surface area contributed by atoms with E-state index in [1.54, 1.807) is 0 Å². The van der Waals surface area contributed by atoms with Gasteiger partial charge in [0.2, 0.25) is 5.91 Å². The van der Waals surface area contributed by atoms with E-state index in [4.69, 9.17) is 9.97 Å². The summed E-state index contributed by atoms with van der Waals surface area (Å²) >= 11 is 0. The van der Waals surface area contributed by atoms with E-state index < -0.39 is 0 Å². The van der Waals surface area contributed by atoms with E-state index >= 15 is 0 Å². The average molecular weight is 352 g/mol. The van der Waals surface area contributed by atoms with Crippen molar-refractivity contribution >= 4 is 11.7 Å². The lowest BCUT2D eigenvalue weighted by Gasteiger charge is -2.37. The predicted octanol–water partition coefficient (Wildman–Crippen LogP) is 3.37. The van der Waals surface area contributed by atoms with Crippen molar-refractivity contribution in [3.8, 4) is 11.4 Å². The second-order valence-corrected chi connectivity index (χ2v) is 7.41. The molecule has 0 unspecified atom stereocenters. The fraction of sp³-hybridized carbons (Fsp3) is 0.476. The summed E-state index contributed by atoms with van der Waals surface area (Å²) in [5.74, 6) is 2.05. The first-order valence-electron chi connectivity index (χ1n) is 9.33. The highest BCUT2D eigenvalue weighted by Gasteiger charge is 2.25. The van der Waals surface area contributed by atoms with Gasteiger partial charge in [0, 0.05) is 48.9 Å². The summed E-state index contributed by atoms with van der Waals surface area (Å²) in [6.45, 7) is 13.2. The first-order valence-corrected chi connectivity index (χ1v) is 9.33. The van der Waals surface area contributed by atoms with Gasteiger partial charge >= 0.3 is 0 Å². The first-order chi connectivity index (χ1) is 12.4. The van der Waals surface area contributed by atoms with Gasteiger partial charge in [-0.15, -0.1) is 0 Å². The second kappa shape index (κ2) is 7.44. The Bertz CT molecular complexity index is 790. The van der Waals surface area contributed by atoms with Crippen molar-refractivity contribution in [2.45, 2.75) is 34.6 Å². The van der Waals surface area contributed by atoms with E-state index in [-0.39, 0.29) is 11.8 Å². The number of benzene rings is 1. The number of aromatic nitrogens is 2. The minimum atomic E-state index is 0.0534. The normalized spacial score (nSPS) is 14.8. The summed E-state index contributed by atoms with van der Waals surface area (Å²) in [4.78, 5) is 26.0. The Kier molecular flexibility index (Phi) is 5.25. The Hall–Kier alpha value is -2.43. The van der Waals surface area contributed by atoms with Gasteiger partial charge in [-0.05, 0) is 20.8 Å². The Labute approximate surface area is 156 Å². The van der Waals surface area contributed by atoms with Gasteiger partial charge in [0.05, 0.1) is 0 Å². The SMILES string of the molecule is Cc1ccc(-c2nc(C)c(C)c(N3CCN(C(=O)C(C)C)CC3)n2)cc1. The number of carbonyl (C=O) groups is 1. The van der Waals surface area contributed by atoms with Crippen molar-refractivity contribution in [2.75, 3.05) is 31.1 Å². The molecule has 0 bridgehead atoms. The maximum atomic E-state index is 12.2. The summed E-state index contributed by atoms with van der Waals surface area (Å²) in [5, 5.41) is 0. The zero-order valence-corrected chi connectivity index (χ0v) is 16.4. The predicted molar refractivity (Wildman–Crippen MR) is 105 cm³/mol. The van der Waals surface area contributed by atoms with Gasteiger partial charge in [-0.2, -0.15) is 0 Å². The van der Waals surface area contributed by atoms with Crippen LogP contribution in [0.25, 0.3) is 11.4 Å². The van der Waals surface area contributed by atoms with E-state index in [1.807, 2.05) is 25.7 Å². The molecule has 1 aliphatic heterocycles. The molecule has 0 N–H and O–H groups in total. The Balaban J connectivity index is 1.84. The van der Waals surface area contributed by atoms with Crippen molar-refractivity contribution in [1.29, 1.82) is 0 Å². The van der Waals surface area contributed by atoms with Crippen LogP contribution in [0.15, 0.2) is 24.3 Å². The molecule has 1 aromatic carbocycles. The maximum Gasteiger partial charge on any atom is 0.225 e. The lowest BCUT2D eigenvalue weighted by molar-refractivity contribution is -0.134. The van der Waals surface area contributed by atoms with Crippen LogP contribution in [0, 0.1) is 26.7 Å². The maximum absolute atomic E-state index is 12.2. The van der Waals surface area contributed by atoms with E-state index in [0.29, 0.717) is 0 Å². The van der Waals surface area contributed by atoms with Crippen LogP contribution >= 0.6 is 0 Å². The van der Waals surface area contributed by atoms with Crippen molar-refractivity contribution < 1.29 is 4.79 Å². The van der Waals surface area contributed by atoms with E-state index in [9.17, 15) is 4.79 Å². The number of carbonyl (C=O) groups excluding carboxylic acids is 1. The van der Waals surface area contributed by atoms with Gasteiger partial charge in [-0.25, -0.2) is 9.97 Å². The molecule has 3 rings (SSSR count). The van der Waals surface area contributed by atoms with Gasteiger partial charge in [-0.1, -0.05) is 43.7 Å². The number of piperazine rings is 1. The highest BCUT2D eigenvalue weighted by molar-refractivity contribution is 5.78. The Morgan fingerprint density at radius 3 is 2.15 bits per heavy atom. The highest BCUT2D eigenvalue weighted by atomic mass is 16.2. The summed E-state index contributed by atoms with van der Waals surface area (Å²) in [6.07, 6.45) is 0. The topological polar surface area (TPSA) is 49.3 Å².